The highest BCUT2D eigenvalue weighted by Gasteiger charge is 2.29. The normalized spacial score (nSPS) is 16.2. The van der Waals surface area contributed by atoms with Gasteiger partial charge < -0.3 is 4.90 Å². The van der Waals surface area contributed by atoms with E-state index in [1.54, 1.807) is 12.1 Å². The largest absolute Gasteiger partial charge is 0.336 e. The average molecular weight is 453 g/mol. The third kappa shape index (κ3) is 4.99. The Balaban J connectivity index is 1.49. The van der Waals surface area contributed by atoms with E-state index in [0.717, 1.165) is 25.7 Å². The molecule has 0 bridgehead atoms. The minimum absolute atomic E-state index is 0.0772. The van der Waals surface area contributed by atoms with Crippen LogP contribution in [0.15, 0.2) is 83.8 Å². The number of benzene rings is 3. The van der Waals surface area contributed by atoms with Gasteiger partial charge in [0.05, 0.1) is 10.6 Å². The van der Waals surface area contributed by atoms with Gasteiger partial charge in [0.15, 0.2) is 0 Å². The van der Waals surface area contributed by atoms with Crippen molar-refractivity contribution in [2.45, 2.75) is 36.6 Å². The summed E-state index contributed by atoms with van der Waals surface area (Å²) in [5, 5.41) is 0. The van der Waals surface area contributed by atoms with Crippen LogP contribution in [0.4, 0.5) is 10.1 Å². The second-order valence-electron chi connectivity index (χ2n) is 7.93. The number of likely N-dealkylation sites (tertiary alicyclic amines) is 1. The quantitative estimate of drug-likeness (QED) is 0.557. The highest BCUT2D eigenvalue weighted by molar-refractivity contribution is 7.92. The molecule has 0 spiro atoms. The van der Waals surface area contributed by atoms with E-state index in [9.17, 15) is 17.6 Å². The minimum Gasteiger partial charge on any atom is -0.336 e. The van der Waals surface area contributed by atoms with E-state index in [4.69, 9.17) is 0 Å². The van der Waals surface area contributed by atoms with E-state index in [1.165, 1.54) is 42.0 Å². The number of anilines is 1. The number of para-hydroxylation sites is 1. The lowest BCUT2D eigenvalue weighted by molar-refractivity contribution is 0.0730. The fourth-order valence-corrected chi connectivity index (χ4v) is 5.20. The fraction of sp³-hybridized carbons (Fsp3) is 0.240. The molecule has 4 rings (SSSR count). The van der Waals surface area contributed by atoms with Gasteiger partial charge in [0, 0.05) is 18.2 Å². The third-order valence-electron chi connectivity index (χ3n) is 5.76. The standard InChI is InChI=1S/C25H25FN2O3S/c26-23-13-4-5-14-24(23)27-32(30,31)22-12-6-10-20(18-22)25(29)28-17-7-11-21(28)16-15-19-8-2-1-3-9-19/h1-6,8-10,12-14,18,21,27H,7,11,15-17H2. The molecule has 1 N–H and O–H groups in total. The Morgan fingerprint density at radius 3 is 2.53 bits per heavy atom. The monoisotopic (exact) mass is 452 g/mol. The zero-order valence-corrected chi connectivity index (χ0v) is 18.4. The highest BCUT2D eigenvalue weighted by atomic mass is 32.2. The molecule has 3 aromatic rings. The summed E-state index contributed by atoms with van der Waals surface area (Å²) in [6.45, 7) is 0.655. The number of sulfonamides is 1. The Kier molecular flexibility index (Phi) is 6.55. The first-order valence-electron chi connectivity index (χ1n) is 10.7. The molecule has 0 aliphatic carbocycles. The van der Waals surface area contributed by atoms with Crippen LogP contribution in [0.2, 0.25) is 0 Å². The Labute approximate surface area is 187 Å². The maximum absolute atomic E-state index is 13.9. The highest BCUT2D eigenvalue weighted by Crippen LogP contribution is 2.25. The number of hydrogen-bond acceptors (Lipinski definition) is 3. The molecule has 1 aliphatic rings. The molecule has 0 saturated carbocycles. The molecule has 7 heteroatoms. The molecule has 1 saturated heterocycles. The summed E-state index contributed by atoms with van der Waals surface area (Å²) in [6, 6.07) is 21.8. The lowest BCUT2D eigenvalue weighted by atomic mass is 10.0. The maximum atomic E-state index is 13.9. The molecule has 32 heavy (non-hydrogen) atoms. The number of carbonyl (C=O) groups is 1. The van der Waals surface area contributed by atoms with Crippen LogP contribution in [0, 0.1) is 5.82 Å². The van der Waals surface area contributed by atoms with E-state index in [0.29, 0.717) is 12.1 Å². The minimum atomic E-state index is -4.04. The molecule has 166 valence electrons. The first-order valence-corrected chi connectivity index (χ1v) is 12.1. The summed E-state index contributed by atoms with van der Waals surface area (Å²) in [5.74, 6) is -0.842. The van der Waals surface area contributed by atoms with Crippen molar-refractivity contribution in [3.05, 3.63) is 95.8 Å². The van der Waals surface area contributed by atoms with Gasteiger partial charge in [-0.3, -0.25) is 9.52 Å². The first kappa shape index (κ1) is 22.0. The molecular formula is C25H25FN2O3S. The molecule has 1 amide bonds. The number of amides is 1. The summed E-state index contributed by atoms with van der Waals surface area (Å²) in [7, 11) is -4.04. The summed E-state index contributed by atoms with van der Waals surface area (Å²) in [4.78, 5) is 15.0. The van der Waals surface area contributed by atoms with Crippen LogP contribution in [0.5, 0.6) is 0 Å². The van der Waals surface area contributed by atoms with Crippen LogP contribution in [0.3, 0.4) is 0 Å². The van der Waals surface area contributed by atoms with Crippen molar-refractivity contribution >= 4 is 21.6 Å². The van der Waals surface area contributed by atoms with Crippen LogP contribution in [0.25, 0.3) is 0 Å². The van der Waals surface area contributed by atoms with E-state index < -0.39 is 15.8 Å². The van der Waals surface area contributed by atoms with Crippen molar-refractivity contribution in [2.24, 2.45) is 0 Å². The van der Waals surface area contributed by atoms with Gasteiger partial charge in [-0.25, -0.2) is 12.8 Å². The summed E-state index contributed by atoms with van der Waals surface area (Å²) in [6.07, 6.45) is 3.61. The lowest BCUT2D eigenvalue weighted by Gasteiger charge is -2.25. The van der Waals surface area contributed by atoms with Crippen LogP contribution in [0.1, 0.15) is 35.2 Å². The van der Waals surface area contributed by atoms with Crippen molar-refractivity contribution in [3.63, 3.8) is 0 Å². The summed E-state index contributed by atoms with van der Waals surface area (Å²) < 4.78 is 41.7. The Bertz CT molecular complexity index is 1200. The van der Waals surface area contributed by atoms with Crippen LogP contribution in [-0.4, -0.2) is 31.8 Å². The number of rotatable bonds is 7. The van der Waals surface area contributed by atoms with Crippen molar-refractivity contribution in [3.8, 4) is 0 Å². The SMILES string of the molecule is O=C(c1cccc(S(=O)(=O)Nc2ccccc2F)c1)N1CCCC1CCc1ccccc1. The average Bonchev–Trinajstić information content (AvgIpc) is 3.28. The molecule has 1 atom stereocenters. The van der Waals surface area contributed by atoms with Crippen molar-refractivity contribution in [1.29, 1.82) is 0 Å². The molecule has 0 aromatic heterocycles. The third-order valence-corrected chi connectivity index (χ3v) is 7.12. The summed E-state index contributed by atoms with van der Waals surface area (Å²) in [5.41, 5.74) is 1.41. The van der Waals surface area contributed by atoms with Gasteiger partial charge >= 0.3 is 0 Å². The fourth-order valence-electron chi connectivity index (χ4n) is 4.09. The second kappa shape index (κ2) is 9.53. The smallest absolute Gasteiger partial charge is 0.262 e. The molecule has 1 heterocycles. The topological polar surface area (TPSA) is 66.5 Å². The summed E-state index contributed by atoms with van der Waals surface area (Å²) >= 11 is 0. The predicted octanol–water partition coefficient (Wildman–Crippen LogP) is 4.86. The molecule has 3 aromatic carbocycles. The van der Waals surface area contributed by atoms with Crippen LogP contribution < -0.4 is 4.72 Å². The van der Waals surface area contributed by atoms with E-state index in [1.807, 2.05) is 23.1 Å². The van der Waals surface area contributed by atoms with Crippen molar-refractivity contribution in [1.82, 2.24) is 4.90 Å². The van der Waals surface area contributed by atoms with E-state index in [2.05, 4.69) is 16.9 Å². The van der Waals surface area contributed by atoms with Gasteiger partial charge in [0.1, 0.15) is 5.82 Å². The van der Waals surface area contributed by atoms with Crippen molar-refractivity contribution in [2.75, 3.05) is 11.3 Å². The number of nitrogens with one attached hydrogen (secondary N) is 1. The zero-order valence-electron chi connectivity index (χ0n) is 17.6. The lowest BCUT2D eigenvalue weighted by Crippen LogP contribution is -2.36. The Morgan fingerprint density at radius 1 is 1.00 bits per heavy atom. The van der Waals surface area contributed by atoms with Gasteiger partial charge in [0.25, 0.3) is 15.9 Å². The first-order chi connectivity index (χ1) is 15.4. The molecule has 5 nitrogen and oxygen atoms in total. The van der Waals surface area contributed by atoms with Crippen LogP contribution in [-0.2, 0) is 16.4 Å². The molecule has 0 radical (unpaired) electrons. The van der Waals surface area contributed by atoms with E-state index >= 15 is 0 Å². The van der Waals surface area contributed by atoms with Crippen LogP contribution >= 0.6 is 0 Å². The molecule has 1 aliphatic heterocycles. The van der Waals surface area contributed by atoms with Gasteiger partial charge in [-0.05, 0) is 61.6 Å². The molecule has 1 unspecified atom stereocenters. The number of halogens is 1. The van der Waals surface area contributed by atoms with Gasteiger partial charge in [-0.2, -0.15) is 0 Å². The van der Waals surface area contributed by atoms with E-state index in [-0.39, 0.29) is 22.5 Å². The van der Waals surface area contributed by atoms with Gasteiger partial charge in [-0.1, -0.05) is 48.5 Å². The second-order valence-corrected chi connectivity index (χ2v) is 9.61. The van der Waals surface area contributed by atoms with Gasteiger partial charge in [-0.15, -0.1) is 0 Å². The molecular weight excluding hydrogens is 427 g/mol. The predicted molar refractivity (Wildman–Crippen MR) is 122 cm³/mol. The molecule has 1 fully saturated rings. The number of aryl methyl sites for hydroxylation is 1. The Hall–Kier alpha value is -3.19. The number of nitrogens with zero attached hydrogens (tertiary/aromatic N) is 1. The maximum Gasteiger partial charge on any atom is 0.262 e. The number of hydrogen-bond donors (Lipinski definition) is 1. The van der Waals surface area contributed by atoms with Crippen molar-refractivity contribution < 1.29 is 17.6 Å². The van der Waals surface area contributed by atoms with Gasteiger partial charge in [0.2, 0.25) is 0 Å². The Morgan fingerprint density at radius 2 is 1.75 bits per heavy atom. The zero-order chi connectivity index (χ0) is 22.6. The number of carbonyl (C=O) groups excluding carboxylic acids is 1.